The van der Waals surface area contributed by atoms with Crippen molar-refractivity contribution in [3.63, 3.8) is 0 Å². The van der Waals surface area contributed by atoms with Crippen LogP contribution in [0, 0.1) is 52.3 Å². The number of esters is 1. The summed E-state index contributed by atoms with van der Waals surface area (Å²) in [5.41, 5.74) is -0.140. The molecule has 0 radical (unpaired) electrons. The summed E-state index contributed by atoms with van der Waals surface area (Å²) in [4.78, 5) is 12.3. The first-order valence-electron chi connectivity index (χ1n) is 13.3. The number of carbonyl (C=O) groups excluding carboxylic acids is 1. The first-order chi connectivity index (χ1) is 15.1. The summed E-state index contributed by atoms with van der Waals surface area (Å²) < 4.78 is 5.86. The Labute approximate surface area is 193 Å². The molecule has 0 bridgehead atoms. The molecule has 5 nitrogen and oxygen atoms in total. The first kappa shape index (κ1) is 23.1. The molecule has 13 atom stereocenters. The summed E-state index contributed by atoms with van der Waals surface area (Å²) >= 11 is 0. The second-order valence-electron chi connectivity index (χ2n) is 12.8. The number of cyclic esters (lactones) is 1. The zero-order chi connectivity index (χ0) is 23.0. The van der Waals surface area contributed by atoms with Crippen LogP contribution in [0.2, 0.25) is 0 Å². The second-order valence-corrected chi connectivity index (χ2v) is 12.8. The minimum absolute atomic E-state index is 0.00789. The molecule has 1 saturated heterocycles. The van der Waals surface area contributed by atoms with Crippen LogP contribution in [0.3, 0.4) is 0 Å². The van der Waals surface area contributed by atoms with Gasteiger partial charge in [0.1, 0.15) is 6.10 Å². The van der Waals surface area contributed by atoms with E-state index in [-0.39, 0.29) is 52.9 Å². The Bertz CT molecular complexity index is 740. The second kappa shape index (κ2) is 7.95. The SMILES string of the molecule is C[C@H]([C@@H]1CC[C@H](C)C(=O)O1)[C@H]1CC[C@H]2[C@@H]3[C@H](O)C[C@@H]4C[C@H](O)CC[C@]4(C)[C@@H]3C[C@H](O)[C@]12C. The summed E-state index contributed by atoms with van der Waals surface area (Å²) in [5.74, 6) is 1.65. The van der Waals surface area contributed by atoms with Crippen LogP contribution in [0.25, 0.3) is 0 Å². The van der Waals surface area contributed by atoms with Gasteiger partial charge in [0.2, 0.25) is 0 Å². The molecule has 0 aromatic rings. The molecule has 1 aliphatic heterocycles. The third-order valence-corrected chi connectivity index (χ3v) is 11.6. The fraction of sp³-hybridized carbons (Fsp3) is 0.963. The third kappa shape index (κ3) is 3.24. The molecular formula is C27H44O5. The number of aliphatic hydroxyl groups excluding tert-OH is 3. The van der Waals surface area contributed by atoms with E-state index in [4.69, 9.17) is 4.74 Å². The molecule has 4 saturated carbocycles. The number of carbonyl (C=O) groups is 1. The van der Waals surface area contributed by atoms with Gasteiger partial charge in [-0.05, 0) is 104 Å². The van der Waals surface area contributed by atoms with Crippen LogP contribution in [-0.4, -0.2) is 45.7 Å². The number of aliphatic hydroxyl groups is 3. The van der Waals surface area contributed by atoms with Gasteiger partial charge in [0.25, 0.3) is 0 Å². The van der Waals surface area contributed by atoms with Crippen LogP contribution in [0.1, 0.15) is 85.5 Å². The lowest BCUT2D eigenvalue weighted by molar-refractivity contribution is -0.210. The monoisotopic (exact) mass is 448 g/mol. The largest absolute Gasteiger partial charge is 0.462 e. The van der Waals surface area contributed by atoms with Gasteiger partial charge in [-0.2, -0.15) is 0 Å². The Morgan fingerprint density at radius 3 is 2.44 bits per heavy atom. The normalized spacial score (nSPS) is 56.5. The zero-order valence-corrected chi connectivity index (χ0v) is 20.4. The molecule has 3 N–H and O–H groups in total. The van der Waals surface area contributed by atoms with Gasteiger partial charge in [0.15, 0.2) is 0 Å². The molecular weight excluding hydrogens is 404 g/mol. The minimum atomic E-state index is -0.392. The Hall–Kier alpha value is -0.650. The zero-order valence-electron chi connectivity index (χ0n) is 20.4. The quantitative estimate of drug-likeness (QED) is 0.557. The summed E-state index contributed by atoms with van der Waals surface area (Å²) in [7, 11) is 0. The average Bonchev–Trinajstić information content (AvgIpc) is 3.10. The van der Waals surface area contributed by atoms with Crippen LogP contribution in [-0.2, 0) is 9.53 Å². The van der Waals surface area contributed by atoms with Crippen LogP contribution >= 0.6 is 0 Å². The van der Waals surface area contributed by atoms with E-state index >= 15 is 0 Å². The van der Waals surface area contributed by atoms with Gasteiger partial charge < -0.3 is 20.1 Å². The molecule has 5 fully saturated rings. The number of fused-ring (bicyclic) bond motifs is 5. The van der Waals surface area contributed by atoms with Gasteiger partial charge in [-0.1, -0.05) is 27.7 Å². The lowest BCUT2D eigenvalue weighted by atomic mass is 9.43. The summed E-state index contributed by atoms with van der Waals surface area (Å²) in [6, 6.07) is 0. The Morgan fingerprint density at radius 2 is 1.72 bits per heavy atom. The van der Waals surface area contributed by atoms with Crippen molar-refractivity contribution in [2.75, 3.05) is 0 Å². The van der Waals surface area contributed by atoms with E-state index in [1.807, 2.05) is 6.92 Å². The molecule has 182 valence electrons. The summed E-state index contributed by atoms with van der Waals surface area (Å²) in [6.07, 6.45) is 7.02. The van der Waals surface area contributed by atoms with Crippen molar-refractivity contribution < 1.29 is 24.9 Å². The topological polar surface area (TPSA) is 87.0 Å². The van der Waals surface area contributed by atoms with Crippen molar-refractivity contribution in [3.05, 3.63) is 0 Å². The lowest BCUT2D eigenvalue weighted by Gasteiger charge is -2.63. The summed E-state index contributed by atoms with van der Waals surface area (Å²) in [6.45, 7) is 8.82. The maximum absolute atomic E-state index is 12.3. The van der Waals surface area contributed by atoms with Gasteiger partial charge in [-0.25, -0.2) is 0 Å². The number of hydrogen-bond acceptors (Lipinski definition) is 5. The molecule has 0 spiro atoms. The maximum atomic E-state index is 12.3. The van der Waals surface area contributed by atoms with Gasteiger partial charge in [0.05, 0.1) is 24.2 Å². The van der Waals surface area contributed by atoms with Crippen LogP contribution in [0.4, 0.5) is 0 Å². The van der Waals surface area contributed by atoms with E-state index in [9.17, 15) is 20.1 Å². The predicted octanol–water partition coefficient (Wildman–Crippen LogP) is 3.93. The van der Waals surface area contributed by atoms with E-state index in [0.29, 0.717) is 23.7 Å². The van der Waals surface area contributed by atoms with Gasteiger partial charge in [-0.15, -0.1) is 0 Å². The molecule has 0 aromatic carbocycles. The van der Waals surface area contributed by atoms with E-state index in [0.717, 1.165) is 57.8 Å². The highest BCUT2D eigenvalue weighted by atomic mass is 16.5. The van der Waals surface area contributed by atoms with Crippen LogP contribution in [0.5, 0.6) is 0 Å². The number of ether oxygens (including phenoxy) is 1. The molecule has 5 heteroatoms. The van der Waals surface area contributed by atoms with Crippen LogP contribution in [0.15, 0.2) is 0 Å². The molecule has 1 heterocycles. The molecule has 5 aliphatic rings. The molecule has 0 aromatic heterocycles. The highest BCUT2D eigenvalue weighted by Crippen LogP contribution is 2.68. The first-order valence-corrected chi connectivity index (χ1v) is 13.3. The van der Waals surface area contributed by atoms with Gasteiger partial charge in [-0.3, -0.25) is 4.79 Å². The van der Waals surface area contributed by atoms with Gasteiger partial charge >= 0.3 is 5.97 Å². The van der Waals surface area contributed by atoms with Crippen LogP contribution < -0.4 is 0 Å². The van der Waals surface area contributed by atoms with Crippen molar-refractivity contribution in [1.29, 1.82) is 0 Å². The summed E-state index contributed by atoms with van der Waals surface area (Å²) in [5, 5.41) is 33.4. The Morgan fingerprint density at radius 1 is 0.969 bits per heavy atom. The fourth-order valence-corrected chi connectivity index (χ4v) is 9.55. The van der Waals surface area contributed by atoms with Crippen molar-refractivity contribution in [2.24, 2.45) is 52.3 Å². The predicted molar refractivity (Wildman–Crippen MR) is 121 cm³/mol. The molecule has 32 heavy (non-hydrogen) atoms. The van der Waals surface area contributed by atoms with E-state index < -0.39 is 6.10 Å². The Balaban J connectivity index is 1.41. The number of hydrogen-bond donors (Lipinski definition) is 3. The molecule has 0 amide bonds. The van der Waals surface area contributed by atoms with Crippen molar-refractivity contribution in [3.8, 4) is 0 Å². The smallest absolute Gasteiger partial charge is 0.308 e. The third-order valence-electron chi connectivity index (χ3n) is 11.6. The lowest BCUT2D eigenvalue weighted by Crippen LogP contribution is -2.62. The van der Waals surface area contributed by atoms with Gasteiger partial charge in [0, 0.05) is 0 Å². The molecule has 0 unspecified atom stereocenters. The number of rotatable bonds is 2. The van der Waals surface area contributed by atoms with Crippen molar-refractivity contribution in [1.82, 2.24) is 0 Å². The van der Waals surface area contributed by atoms with Crippen molar-refractivity contribution >= 4 is 5.97 Å². The molecule has 5 rings (SSSR count). The Kier molecular flexibility index (Phi) is 5.74. The van der Waals surface area contributed by atoms with E-state index in [1.165, 1.54) is 0 Å². The fourth-order valence-electron chi connectivity index (χ4n) is 9.55. The highest BCUT2D eigenvalue weighted by Gasteiger charge is 2.66. The molecule has 4 aliphatic carbocycles. The standard InChI is InChI=1S/C27H44O5/c1-14-5-8-22(32-25(14)31)15(2)18-6-7-19-24-20(13-23(30)27(18,19)4)26(3)10-9-17(28)11-16(26)12-21(24)29/h14-24,28-30H,5-13H2,1-4H3/t14-,15-,16-,17+,18+,19-,20+,21+,22-,23-,24-,26-,27+/m0/s1. The van der Waals surface area contributed by atoms with Crippen molar-refractivity contribution in [2.45, 2.75) is 110 Å². The minimum Gasteiger partial charge on any atom is -0.462 e. The van der Waals surface area contributed by atoms with E-state index in [2.05, 4.69) is 20.8 Å². The maximum Gasteiger partial charge on any atom is 0.308 e. The van der Waals surface area contributed by atoms with E-state index in [1.54, 1.807) is 0 Å². The average molecular weight is 449 g/mol. The highest BCUT2D eigenvalue weighted by molar-refractivity contribution is 5.72.